The number of esters is 1. The Balaban J connectivity index is 2.33. The lowest BCUT2D eigenvalue weighted by Gasteiger charge is -2.28. The van der Waals surface area contributed by atoms with E-state index in [-0.39, 0.29) is 0 Å². The Labute approximate surface area is 140 Å². The lowest BCUT2D eigenvalue weighted by Crippen LogP contribution is -2.43. The number of hydrogen-bond donors (Lipinski definition) is 0. The van der Waals surface area contributed by atoms with E-state index < -0.39 is 23.1 Å². The average Bonchev–Trinajstić information content (AvgIpc) is 2.74. The summed E-state index contributed by atoms with van der Waals surface area (Å²) in [4.78, 5) is 38.0. The van der Waals surface area contributed by atoms with Gasteiger partial charge in [0.15, 0.2) is 0 Å². The van der Waals surface area contributed by atoms with Gasteiger partial charge < -0.3 is 4.74 Å². The molecule has 0 N–H and O–H groups in total. The van der Waals surface area contributed by atoms with Gasteiger partial charge in [0.1, 0.15) is 0 Å². The summed E-state index contributed by atoms with van der Waals surface area (Å²) in [6.45, 7) is 6.88. The van der Waals surface area contributed by atoms with E-state index in [2.05, 4.69) is 0 Å². The second-order valence-corrected chi connectivity index (χ2v) is 6.23. The monoisotopic (exact) mass is 322 g/mol. The van der Waals surface area contributed by atoms with Crippen LogP contribution in [-0.4, -0.2) is 17.5 Å². The molecule has 2 aromatic rings. The molecule has 1 aliphatic rings. The molecule has 0 radical (unpaired) electrons. The van der Waals surface area contributed by atoms with Crippen LogP contribution in [0.15, 0.2) is 36.4 Å². The maximum absolute atomic E-state index is 13.1. The molecule has 0 amide bonds. The van der Waals surface area contributed by atoms with E-state index >= 15 is 0 Å². The van der Waals surface area contributed by atoms with E-state index in [1.54, 1.807) is 30.3 Å². The first-order valence-electron chi connectivity index (χ1n) is 7.75. The number of ether oxygens (including phenoxy) is 1. The first kappa shape index (κ1) is 16.1. The maximum Gasteiger partial charge on any atom is 0.304 e. The van der Waals surface area contributed by atoms with Crippen LogP contribution in [-0.2, 0) is 15.1 Å². The number of carbonyl (C=O) groups excluding carboxylic acids is 3. The third kappa shape index (κ3) is 2.10. The Morgan fingerprint density at radius 3 is 1.88 bits per heavy atom. The highest BCUT2D eigenvalue weighted by molar-refractivity contribution is 6.32. The zero-order valence-electron chi connectivity index (χ0n) is 14.1. The van der Waals surface area contributed by atoms with Crippen LogP contribution in [0.2, 0.25) is 0 Å². The largest absolute Gasteiger partial charge is 0.437 e. The number of aryl methyl sites for hydroxylation is 3. The van der Waals surface area contributed by atoms with Crippen molar-refractivity contribution in [3.8, 4) is 0 Å². The fourth-order valence-corrected chi connectivity index (χ4v) is 3.31. The number of benzene rings is 2. The van der Waals surface area contributed by atoms with Gasteiger partial charge in [0.2, 0.25) is 11.6 Å². The van der Waals surface area contributed by atoms with Crippen LogP contribution in [0.3, 0.4) is 0 Å². The van der Waals surface area contributed by atoms with Gasteiger partial charge in [0, 0.05) is 23.6 Å². The molecule has 0 aromatic heterocycles. The fraction of sp³-hybridized carbons (Fsp3) is 0.250. The van der Waals surface area contributed by atoms with Gasteiger partial charge in [-0.25, -0.2) is 0 Å². The van der Waals surface area contributed by atoms with Crippen molar-refractivity contribution in [1.82, 2.24) is 0 Å². The average molecular weight is 322 g/mol. The highest BCUT2D eigenvalue weighted by Gasteiger charge is 2.58. The second kappa shape index (κ2) is 5.41. The summed E-state index contributed by atoms with van der Waals surface area (Å²) >= 11 is 0. The first-order chi connectivity index (χ1) is 11.3. The minimum atomic E-state index is -1.92. The zero-order valence-corrected chi connectivity index (χ0v) is 14.1. The van der Waals surface area contributed by atoms with Crippen LogP contribution < -0.4 is 0 Å². The maximum atomic E-state index is 13.1. The molecule has 122 valence electrons. The minimum absolute atomic E-state index is 0.293. The smallest absolute Gasteiger partial charge is 0.304 e. The molecule has 0 aliphatic heterocycles. The number of ketones is 2. The van der Waals surface area contributed by atoms with Crippen LogP contribution in [0.5, 0.6) is 0 Å². The second-order valence-electron chi connectivity index (χ2n) is 6.23. The van der Waals surface area contributed by atoms with Gasteiger partial charge in [-0.1, -0.05) is 36.4 Å². The molecule has 2 aromatic carbocycles. The Kier molecular flexibility index (Phi) is 3.63. The summed E-state index contributed by atoms with van der Waals surface area (Å²) in [5, 5.41) is 0. The Hall–Kier alpha value is -2.75. The number of rotatable bonds is 2. The molecule has 0 atom stereocenters. The van der Waals surface area contributed by atoms with Crippen molar-refractivity contribution < 1.29 is 19.1 Å². The van der Waals surface area contributed by atoms with Gasteiger partial charge in [-0.15, -0.1) is 0 Å². The topological polar surface area (TPSA) is 60.4 Å². The van der Waals surface area contributed by atoms with E-state index in [9.17, 15) is 14.4 Å². The summed E-state index contributed by atoms with van der Waals surface area (Å²) in [5.41, 5.74) is 1.82. The van der Waals surface area contributed by atoms with Crippen molar-refractivity contribution in [2.75, 3.05) is 0 Å². The third-order valence-electron chi connectivity index (χ3n) is 4.57. The predicted molar refractivity (Wildman–Crippen MR) is 89.2 cm³/mol. The van der Waals surface area contributed by atoms with Crippen molar-refractivity contribution in [2.45, 2.75) is 33.3 Å². The molecule has 0 bridgehead atoms. The lowest BCUT2D eigenvalue weighted by atomic mass is 9.83. The molecule has 0 saturated carbocycles. The van der Waals surface area contributed by atoms with E-state index in [1.807, 2.05) is 26.8 Å². The van der Waals surface area contributed by atoms with Gasteiger partial charge in [0.05, 0.1) is 0 Å². The summed E-state index contributed by atoms with van der Waals surface area (Å²) < 4.78 is 5.43. The zero-order chi connectivity index (χ0) is 17.6. The SMILES string of the molecule is CC(=O)OC1(c2cc(C)c(C)cc2C)C(=O)c2ccccc2C1=O. The van der Waals surface area contributed by atoms with Crippen LogP contribution in [0.25, 0.3) is 0 Å². The minimum Gasteiger partial charge on any atom is -0.437 e. The Morgan fingerprint density at radius 2 is 1.38 bits per heavy atom. The quantitative estimate of drug-likeness (QED) is 0.627. The van der Waals surface area contributed by atoms with Crippen molar-refractivity contribution in [3.05, 3.63) is 69.8 Å². The number of carbonyl (C=O) groups is 3. The molecule has 0 spiro atoms. The van der Waals surface area contributed by atoms with E-state index in [0.29, 0.717) is 16.7 Å². The molecule has 24 heavy (non-hydrogen) atoms. The lowest BCUT2D eigenvalue weighted by molar-refractivity contribution is -0.149. The van der Waals surface area contributed by atoms with Gasteiger partial charge in [-0.05, 0) is 37.5 Å². The molecule has 1 aliphatic carbocycles. The molecular weight excluding hydrogens is 304 g/mol. The van der Waals surface area contributed by atoms with E-state index in [1.165, 1.54) is 6.92 Å². The summed E-state index contributed by atoms with van der Waals surface area (Å²) in [6, 6.07) is 10.3. The van der Waals surface area contributed by atoms with Gasteiger partial charge in [-0.2, -0.15) is 0 Å². The number of Topliss-reactive ketones (excluding diaryl/α,β-unsaturated/α-hetero) is 2. The van der Waals surface area contributed by atoms with Gasteiger partial charge in [0.25, 0.3) is 5.60 Å². The van der Waals surface area contributed by atoms with Gasteiger partial charge >= 0.3 is 5.97 Å². The van der Waals surface area contributed by atoms with Crippen molar-refractivity contribution in [3.63, 3.8) is 0 Å². The summed E-state index contributed by atoms with van der Waals surface area (Å²) in [6.07, 6.45) is 0. The molecule has 0 saturated heterocycles. The molecule has 4 nitrogen and oxygen atoms in total. The van der Waals surface area contributed by atoms with E-state index in [4.69, 9.17) is 4.74 Å². The third-order valence-corrected chi connectivity index (χ3v) is 4.57. The molecule has 3 rings (SSSR count). The molecule has 0 heterocycles. The van der Waals surface area contributed by atoms with Gasteiger partial charge in [-0.3, -0.25) is 14.4 Å². The molecule has 0 fully saturated rings. The first-order valence-corrected chi connectivity index (χ1v) is 7.75. The van der Waals surface area contributed by atoms with Crippen molar-refractivity contribution in [2.24, 2.45) is 0 Å². The summed E-state index contributed by atoms with van der Waals surface area (Å²) in [5.74, 6) is -1.63. The van der Waals surface area contributed by atoms with Crippen LogP contribution >= 0.6 is 0 Å². The molecule has 4 heteroatoms. The molecular formula is C20H18O4. The van der Waals surface area contributed by atoms with Crippen LogP contribution in [0, 0.1) is 20.8 Å². The van der Waals surface area contributed by atoms with Crippen LogP contribution in [0.1, 0.15) is 49.9 Å². The normalized spacial score (nSPS) is 15.3. The number of fused-ring (bicyclic) bond motifs is 1. The van der Waals surface area contributed by atoms with Crippen LogP contribution in [0.4, 0.5) is 0 Å². The molecule has 0 unspecified atom stereocenters. The predicted octanol–water partition coefficient (Wildman–Crippen LogP) is 3.45. The fourth-order valence-electron chi connectivity index (χ4n) is 3.31. The highest BCUT2D eigenvalue weighted by atomic mass is 16.6. The van der Waals surface area contributed by atoms with Crippen molar-refractivity contribution >= 4 is 17.5 Å². The Morgan fingerprint density at radius 1 is 0.875 bits per heavy atom. The standard InChI is InChI=1S/C20H18O4/c1-11-9-13(3)17(10-12(11)2)20(24-14(4)21)18(22)15-7-5-6-8-16(15)19(20)23/h5-10H,1-4H3. The Bertz CT molecular complexity index is 858. The van der Waals surface area contributed by atoms with Crippen molar-refractivity contribution in [1.29, 1.82) is 0 Å². The van der Waals surface area contributed by atoms with E-state index in [0.717, 1.165) is 16.7 Å². The number of hydrogen-bond acceptors (Lipinski definition) is 4. The summed E-state index contributed by atoms with van der Waals surface area (Å²) in [7, 11) is 0. The highest BCUT2D eigenvalue weighted by Crippen LogP contribution is 2.42.